The van der Waals surface area contributed by atoms with Gasteiger partial charge in [0, 0.05) is 19.0 Å². The number of fused-ring (bicyclic) bond motifs is 1. The minimum Gasteiger partial charge on any atom is -0.437 e. The molecule has 1 aliphatic carbocycles. The van der Waals surface area contributed by atoms with Crippen LogP contribution in [0.1, 0.15) is 59.5 Å². The molecule has 0 aromatic carbocycles. The lowest BCUT2D eigenvalue weighted by Gasteiger charge is -2.18. The second-order valence-corrected chi connectivity index (χ2v) is 5.96. The Bertz CT molecular complexity index is 633. The Morgan fingerprint density at radius 3 is 2.91 bits per heavy atom. The average Bonchev–Trinajstić information content (AvgIpc) is 3.11. The van der Waals surface area contributed by atoms with Crippen LogP contribution in [0.5, 0.6) is 0 Å². The third-order valence-electron chi connectivity index (χ3n) is 4.47. The Morgan fingerprint density at radius 2 is 2.23 bits per heavy atom. The molecule has 6 nitrogen and oxygen atoms in total. The SMILES string of the molecule is CCc1nc2c(o1)C(=O)CC(=NCCC1CCCN1C)C2=O. The first-order valence-electron chi connectivity index (χ1n) is 7.91. The fourth-order valence-electron chi connectivity index (χ4n) is 3.13. The number of nitrogens with zero attached hydrogens (tertiary/aromatic N) is 3. The van der Waals surface area contributed by atoms with Crippen LogP contribution in [0, 0.1) is 0 Å². The lowest BCUT2D eigenvalue weighted by molar-refractivity contribution is 0.0938. The van der Waals surface area contributed by atoms with Gasteiger partial charge in [-0.05, 0) is 32.9 Å². The van der Waals surface area contributed by atoms with Crippen molar-refractivity contribution in [3.8, 4) is 0 Å². The quantitative estimate of drug-likeness (QED) is 0.849. The van der Waals surface area contributed by atoms with Gasteiger partial charge in [0.2, 0.25) is 17.3 Å². The Hall–Kier alpha value is -1.82. The molecule has 1 aromatic heterocycles. The number of rotatable bonds is 4. The third kappa shape index (κ3) is 2.75. The number of hydrogen-bond donors (Lipinski definition) is 0. The number of carbonyl (C=O) groups excluding carboxylic acids is 2. The van der Waals surface area contributed by atoms with E-state index in [1.54, 1.807) is 0 Å². The number of carbonyl (C=O) groups is 2. The molecule has 0 spiro atoms. The van der Waals surface area contributed by atoms with Gasteiger partial charge in [-0.3, -0.25) is 14.6 Å². The fourth-order valence-corrected chi connectivity index (χ4v) is 3.13. The maximum Gasteiger partial charge on any atom is 0.229 e. The summed E-state index contributed by atoms with van der Waals surface area (Å²) in [5.41, 5.74) is 0.471. The summed E-state index contributed by atoms with van der Waals surface area (Å²) in [5.74, 6) is 0.0909. The molecule has 1 aliphatic heterocycles. The number of oxazole rings is 1. The minimum atomic E-state index is -0.252. The molecular weight excluding hydrogens is 282 g/mol. The van der Waals surface area contributed by atoms with Crippen molar-refractivity contribution in [3.63, 3.8) is 0 Å². The molecule has 3 rings (SSSR count). The summed E-state index contributed by atoms with van der Waals surface area (Å²) in [7, 11) is 2.12. The van der Waals surface area contributed by atoms with Crippen molar-refractivity contribution >= 4 is 17.3 Å². The zero-order chi connectivity index (χ0) is 15.7. The van der Waals surface area contributed by atoms with E-state index in [1.807, 2.05) is 6.92 Å². The first-order valence-corrected chi connectivity index (χ1v) is 7.91. The lowest BCUT2D eigenvalue weighted by Crippen LogP contribution is -2.28. The zero-order valence-corrected chi connectivity index (χ0v) is 13.1. The number of ketones is 2. The number of aryl methyl sites for hydroxylation is 1. The van der Waals surface area contributed by atoms with Gasteiger partial charge in [-0.15, -0.1) is 0 Å². The number of likely N-dealkylation sites (tertiary alicyclic amines) is 1. The van der Waals surface area contributed by atoms with Crippen molar-refractivity contribution in [1.82, 2.24) is 9.88 Å². The molecule has 118 valence electrons. The Balaban J connectivity index is 1.71. The third-order valence-corrected chi connectivity index (χ3v) is 4.47. The molecule has 0 amide bonds. The molecule has 1 unspecified atom stereocenters. The zero-order valence-electron chi connectivity index (χ0n) is 13.1. The molecule has 0 saturated carbocycles. The van der Waals surface area contributed by atoms with Gasteiger partial charge in [-0.2, -0.15) is 0 Å². The highest BCUT2D eigenvalue weighted by Crippen LogP contribution is 2.22. The van der Waals surface area contributed by atoms with Crippen LogP contribution < -0.4 is 0 Å². The average molecular weight is 303 g/mol. The Labute approximate surface area is 129 Å². The molecule has 1 atom stereocenters. The monoisotopic (exact) mass is 303 g/mol. The van der Waals surface area contributed by atoms with Gasteiger partial charge in [0.15, 0.2) is 11.6 Å². The Morgan fingerprint density at radius 1 is 1.41 bits per heavy atom. The maximum absolute atomic E-state index is 12.4. The number of aliphatic imine (C=N–C) groups is 1. The van der Waals surface area contributed by atoms with Crippen molar-refractivity contribution < 1.29 is 14.0 Å². The van der Waals surface area contributed by atoms with E-state index in [0.717, 1.165) is 13.0 Å². The van der Waals surface area contributed by atoms with Crippen molar-refractivity contribution in [3.05, 3.63) is 17.3 Å². The highest BCUT2D eigenvalue weighted by Gasteiger charge is 2.34. The van der Waals surface area contributed by atoms with Gasteiger partial charge in [0.05, 0.1) is 12.1 Å². The highest BCUT2D eigenvalue weighted by atomic mass is 16.4. The van der Waals surface area contributed by atoms with Gasteiger partial charge in [-0.1, -0.05) is 6.92 Å². The van der Waals surface area contributed by atoms with E-state index in [2.05, 4.69) is 21.9 Å². The molecule has 6 heteroatoms. The summed E-state index contributed by atoms with van der Waals surface area (Å²) in [6, 6.07) is 0.535. The highest BCUT2D eigenvalue weighted by molar-refractivity contribution is 6.51. The maximum atomic E-state index is 12.4. The minimum absolute atomic E-state index is 0.0324. The molecular formula is C16H21N3O3. The number of aromatic nitrogens is 1. The largest absolute Gasteiger partial charge is 0.437 e. The van der Waals surface area contributed by atoms with Gasteiger partial charge in [0.25, 0.3) is 0 Å². The van der Waals surface area contributed by atoms with Crippen LogP contribution in [0.15, 0.2) is 9.41 Å². The summed E-state index contributed by atoms with van der Waals surface area (Å²) in [5, 5.41) is 0. The normalized spacial score (nSPS) is 24.3. The van der Waals surface area contributed by atoms with Crippen LogP contribution in [0.25, 0.3) is 0 Å². The summed E-state index contributed by atoms with van der Waals surface area (Å²) < 4.78 is 5.34. The van der Waals surface area contributed by atoms with Crippen LogP contribution >= 0.6 is 0 Å². The van der Waals surface area contributed by atoms with E-state index in [4.69, 9.17) is 4.42 Å². The van der Waals surface area contributed by atoms with E-state index in [0.29, 0.717) is 30.6 Å². The van der Waals surface area contributed by atoms with Crippen LogP contribution in [0.4, 0.5) is 0 Å². The van der Waals surface area contributed by atoms with Crippen molar-refractivity contribution in [2.45, 2.75) is 45.1 Å². The van der Waals surface area contributed by atoms with E-state index in [1.165, 1.54) is 12.8 Å². The van der Waals surface area contributed by atoms with Gasteiger partial charge < -0.3 is 9.32 Å². The molecule has 0 N–H and O–H groups in total. The topological polar surface area (TPSA) is 75.8 Å². The van der Waals surface area contributed by atoms with Gasteiger partial charge in [-0.25, -0.2) is 4.98 Å². The van der Waals surface area contributed by atoms with E-state index < -0.39 is 0 Å². The van der Waals surface area contributed by atoms with Crippen molar-refractivity contribution in [1.29, 1.82) is 0 Å². The first-order chi connectivity index (χ1) is 10.6. The molecule has 2 aliphatic rings. The molecule has 22 heavy (non-hydrogen) atoms. The summed E-state index contributed by atoms with van der Waals surface area (Å²) >= 11 is 0. The standard InChI is InChI=1S/C16H21N3O3/c1-3-13-18-14-15(21)11(9-12(20)16(14)22-13)17-7-6-10-5-4-8-19(10)2/h10H,3-9H2,1-2H3. The summed E-state index contributed by atoms with van der Waals surface area (Å²) in [6.45, 7) is 3.58. The van der Waals surface area contributed by atoms with E-state index in [9.17, 15) is 9.59 Å². The predicted molar refractivity (Wildman–Crippen MR) is 81.7 cm³/mol. The second kappa shape index (κ2) is 6.12. The fraction of sp³-hybridized carbons (Fsp3) is 0.625. The lowest BCUT2D eigenvalue weighted by atomic mass is 9.97. The van der Waals surface area contributed by atoms with Crippen LogP contribution in [0.2, 0.25) is 0 Å². The van der Waals surface area contributed by atoms with Crippen molar-refractivity contribution in [2.75, 3.05) is 20.1 Å². The van der Waals surface area contributed by atoms with Crippen molar-refractivity contribution in [2.24, 2.45) is 4.99 Å². The smallest absolute Gasteiger partial charge is 0.229 e. The molecule has 1 aromatic rings. The number of Topliss-reactive ketones (excluding diaryl/α,β-unsaturated/α-hetero) is 2. The molecule has 0 bridgehead atoms. The second-order valence-electron chi connectivity index (χ2n) is 5.96. The summed E-state index contributed by atoms with van der Waals surface area (Å²) in [4.78, 5) is 35.3. The van der Waals surface area contributed by atoms with Crippen LogP contribution in [-0.2, 0) is 6.42 Å². The van der Waals surface area contributed by atoms with E-state index in [-0.39, 0.29) is 29.4 Å². The molecule has 1 fully saturated rings. The Kier molecular flexibility index (Phi) is 4.20. The summed E-state index contributed by atoms with van der Waals surface area (Å²) in [6.07, 6.45) is 3.92. The molecule has 1 saturated heterocycles. The van der Waals surface area contributed by atoms with Gasteiger partial charge >= 0.3 is 0 Å². The first kappa shape index (κ1) is 15.1. The van der Waals surface area contributed by atoms with E-state index >= 15 is 0 Å². The molecule has 2 heterocycles. The predicted octanol–water partition coefficient (Wildman–Crippen LogP) is 1.93. The van der Waals surface area contributed by atoms with Crippen LogP contribution in [-0.4, -0.2) is 53.3 Å². The van der Waals surface area contributed by atoms with Crippen LogP contribution in [0.3, 0.4) is 0 Å². The van der Waals surface area contributed by atoms with Gasteiger partial charge in [0.1, 0.15) is 0 Å². The molecule has 0 radical (unpaired) electrons. The number of hydrogen-bond acceptors (Lipinski definition) is 6.